The molecule has 0 aromatic heterocycles. The lowest BCUT2D eigenvalue weighted by Gasteiger charge is -2.42. The van der Waals surface area contributed by atoms with Gasteiger partial charge in [-0.25, -0.2) is 0 Å². The van der Waals surface area contributed by atoms with Gasteiger partial charge in [0.15, 0.2) is 0 Å². The molecule has 2 unspecified atom stereocenters. The molecule has 0 bridgehead atoms. The molecule has 3 aliphatic rings. The number of thioether (sulfide) groups is 1. The third-order valence-electron chi connectivity index (χ3n) is 8.36. The van der Waals surface area contributed by atoms with Crippen molar-refractivity contribution < 1.29 is 25.5 Å². The highest BCUT2D eigenvalue weighted by Crippen LogP contribution is 2.57. The minimum Gasteiger partial charge on any atom is -0.396 e. The van der Waals surface area contributed by atoms with Gasteiger partial charge in [0.1, 0.15) is 0 Å². The summed E-state index contributed by atoms with van der Waals surface area (Å²) in [4.78, 5) is 0. The van der Waals surface area contributed by atoms with Gasteiger partial charge < -0.3 is 25.5 Å². The number of aliphatic hydroxyl groups excluding tert-OH is 4. The van der Waals surface area contributed by atoms with E-state index in [4.69, 9.17) is 15.3 Å². The topological polar surface area (TPSA) is 101 Å². The average Bonchev–Trinajstić information content (AvgIpc) is 3.28. The summed E-state index contributed by atoms with van der Waals surface area (Å²) in [5.41, 5.74) is 4.42. The summed E-state index contributed by atoms with van der Waals surface area (Å²) < 4.78 is 0. The fourth-order valence-electron chi connectivity index (χ4n) is 5.75. The Hall–Kier alpha value is -0.630. The molecule has 37 heavy (non-hydrogen) atoms. The van der Waals surface area contributed by atoms with E-state index in [9.17, 15) is 10.2 Å². The Balaban J connectivity index is 0.000000751. The fraction of sp³-hybridized carbons (Fsp3) is 0.806. The molecule has 5 N–H and O–H groups in total. The summed E-state index contributed by atoms with van der Waals surface area (Å²) in [6, 6.07) is 0. The van der Waals surface area contributed by atoms with Crippen LogP contribution in [0.5, 0.6) is 0 Å². The molecule has 0 saturated heterocycles. The third-order valence-corrected chi connectivity index (χ3v) is 9.82. The fourth-order valence-corrected chi connectivity index (χ4v) is 7.27. The largest absolute Gasteiger partial charge is 0.396 e. The molecule has 0 spiro atoms. The van der Waals surface area contributed by atoms with Crippen molar-refractivity contribution in [2.45, 2.75) is 122 Å². The van der Waals surface area contributed by atoms with Crippen molar-refractivity contribution in [3.8, 4) is 0 Å². The van der Waals surface area contributed by atoms with Crippen LogP contribution in [0.25, 0.3) is 0 Å². The third kappa shape index (κ3) is 10.8. The van der Waals surface area contributed by atoms with Crippen LogP contribution in [0, 0.1) is 11.3 Å². The first-order valence-corrected chi connectivity index (χ1v) is 15.6. The van der Waals surface area contributed by atoms with Gasteiger partial charge in [-0.3, -0.25) is 0 Å². The first-order chi connectivity index (χ1) is 17.6. The number of rotatable bonds is 9. The van der Waals surface area contributed by atoms with E-state index in [-0.39, 0.29) is 24.7 Å². The van der Waals surface area contributed by atoms with Crippen molar-refractivity contribution >= 4 is 11.8 Å². The zero-order valence-electron chi connectivity index (χ0n) is 24.2. The molecule has 2 fully saturated rings. The molecule has 0 aliphatic heterocycles. The number of allylic oxidation sites excluding steroid dienone is 4. The Morgan fingerprint density at radius 3 is 2.24 bits per heavy atom. The monoisotopic (exact) mass is 540 g/mol. The summed E-state index contributed by atoms with van der Waals surface area (Å²) in [5, 5.41) is 44.3. The molecule has 3 aliphatic carbocycles. The number of hydrogen-bond acceptors (Lipinski definition) is 6. The zero-order chi connectivity index (χ0) is 27.9. The zero-order valence-corrected chi connectivity index (χ0v) is 25.0. The maximum absolute atomic E-state index is 10.7. The van der Waals surface area contributed by atoms with Gasteiger partial charge in [0.25, 0.3) is 0 Å². The van der Waals surface area contributed by atoms with Gasteiger partial charge in [-0.05, 0) is 88.9 Å². The molecule has 216 valence electrons. The molecule has 0 aromatic rings. The van der Waals surface area contributed by atoms with Gasteiger partial charge in [0.2, 0.25) is 0 Å². The molecule has 6 heteroatoms. The Labute approximate surface area is 231 Å². The summed E-state index contributed by atoms with van der Waals surface area (Å²) in [6.45, 7) is 11.0. The second-order valence-electron chi connectivity index (χ2n) is 11.1. The summed E-state index contributed by atoms with van der Waals surface area (Å²) in [5.74, 6) is 1.46. The highest BCUT2D eigenvalue weighted by Gasteiger charge is 2.46. The maximum Gasteiger partial charge on any atom is 0.0732 e. The SMILES string of the molecule is CCC(O)(CC)CS[C@H](C)C1=CCC2/C(=C/C=C3/CCC[C@H](O)C3)CCCC12C.CCCO.OCCO. The van der Waals surface area contributed by atoms with Crippen LogP contribution < -0.4 is 0 Å². The Morgan fingerprint density at radius 1 is 1.05 bits per heavy atom. The summed E-state index contributed by atoms with van der Waals surface area (Å²) in [7, 11) is 0. The molecule has 5 nitrogen and oxygen atoms in total. The quantitative estimate of drug-likeness (QED) is 0.232. The van der Waals surface area contributed by atoms with Crippen LogP contribution in [-0.2, 0) is 0 Å². The molecule has 0 amide bonds. The molecule has 3 rings (SSSR count). The number of fused-ring (bicyclic) bond motifs is 1. The van der Waals surface area contributed by atoms with E-state index in [2.05, 4.69) is 45.9 Å². The van der Waals surface area contributed by atoms with Crippen LogP contribution in [0.2, 0.25) is 0 Å². The van der Waals surface area contributed by atoms with Crippen molar-refractivity contribution in [3.63, 3.8) is 0 Å². The van der Waals surface area contributed by atoms with Gasteiger partial charge in [0, 0.05) is 17.6 Å². The van der Waals surface area contributed by atoms with Crippen molar-refractivity contribution in [2.75, 3.05) is 25.6 Å². The highest BCUT2D eigenvalue weighted by atomic mass is 32.2. The second-order valence-corrected chi connectivity index (χ2v) is 12.4. The number of aliphatic hydroxyl groups is 5. The average molecular weight is 541 g/mol. The Bertz CT molecular complexity index is 719. The van der Waals surface area contributed by atoms with Gasteiger partial charge in [0.05, 0.1) is 24.9 Å². The van der Waals surface area contributed by atoms with E-state index in [1.54, 1.807) is 11.1 Å². The number of hydrogen-bond donors (Lipinski definition) is 5. The first-order valence-electron chi connectivity index (χ1n) is 14.6. The summed E-state index contributed by atoms with van der Waals surface area (Å²) in [6.07, 6.45) is 18.7. The van der Waals surface area contributed by atoms with Crippen LogP contribution in [-0.4, -0.2) is 68.1 Å². The maximum atomic E-state index is 10.7. The molecular formula is C31H56O5S. The van der Waals surface area contributed by atoms with Gasteiger partial charge >= 0.3 is 0 Å². The predicted octanol–water partition coefficient (Wildman–Crippen LogP) is 5.94. The molecule has 0 heterocycles. The van der Waals surface area contributed by atoms with E-state index >= 15 is 0 Å². The second kappa shape index (κ2) is 17.9. The van der Waals surface area contributed by atoms with Crippen LogP contribution in [0.1, 0.15) is 105 Å². The summed E-state index contributed by atoms with van der Waals surface area (Å²) >= 11 is 1.94. The van der Waals surface area contributed by atoms with E-state index in [1.807, 2.05) is 18.7 Å². The lowest BCUT2D eigenvalue weighted by atomic mass is 9.64. The van der Waals surface area contributed by atoms with Crippen LogP contribution in [0.3, 0.4) is 0 Å². The lowest BCUT2D eigenvalue weighted by molar-refractivity contribution is 0.0571. The van der Waals surface area contributed by atoms with E-state index in [0.29, 0.717) is 17.8 Å². The highest BCUT2D eigenvalue weighted by molar-refractivity contribution is 8.00. The van der Waals surface area contributed by atoms with Crippen LogP contribution in [0.15, 0.2) is 34.9 Å². The molecule has 4 atom stereocenters. The van der Waals surface area contributed by atoms with Crippen molar-refractivity contribution in [2.24, 2.45) is 11.3 Å². The Kier molecular flexibility index (Phi) is 16.6. The smallest absolute Gasteiger partial charge is 0.0732 e. The van der Waals surface area contributed by atoms with Crippen molar-refractivity contribution in [3.05, 3.63) is 34.9 Å². The molecular weight excluding hydrogens is 484 g/mol. The van der Waals surface area contributed by atoms with E-state index in [1.165, 1.54) is 31.3 Å². The minimum absolute atomic E-state index is 0.125. The normalized spacial score (nSPS) is 28.5. The van der Waals surface area contributed by atoms with Crippen molar-refractivity contribution in [1.29, 1.82) is 0 Å². The van der Waals surface area contributed by atoms with E-state index < -0.39 is 5.60 Å². The first kappa shape index (κ1) is 34.4. The van der Waals surface area contributed by atoms with Gasteiger partial charge in [-0.15, -0.1) is 0 Å². The minimum atomic E-state index is -0.521. The molecule has 2 saturated carbocycles. The van der Waals surface area contributed by atoms with Crippen LogP contribution in [0.4, 0.5) is 0 Å². The molecule has 0 radical (unpaired) electrons. The Morgan fingerprint density at radius 2 is 1.70 bits per heavy atom. The van der Waals surface area contributed by atoms with Crippen molar-refractivity contribution in [1.82, 2.24) is 0 Å². The predicted molar refractivity (Wildman–Crippen MR) is 158 cm³/mol. The lowest BCUT2D eigenvalue weighted by Crippen LogP contribution is -2.35. The van der Waals surface area contributed by atoms with Gasteiger partial charge in [-0.1, -0.05) is 62.6 Å². The standard InChI is InChI=1S/C26H42O2S.C3H8O.C2H6O2/c1-5-26(28,6-2)18-29-19(3)23-14-15-24-21(10-8-16-25(23,24)4)13-12-20-9-7-11-22(27)17-20;1-2-3-4;3-1-2-4/h12-14,19,22,24,27-28H,5-11,15-18H2,1-4H3;4H,2-3H2,1H3;3-4H,1-2H2/b20-12-,21-13+;;/t19-,22+,24?,25?;;/m1../s1. The molecule has 0 aromatic carbocycles. The van der Waals surface area contributed by atoms with E-state index in [0.717, 1.165) is 50.7 Å². The van der Waals surface area contributed by atoms with Gasteiger partial charge in [-0.2, -0.15) is 11.8 Å². The van der Waals surface area contributed by atoms with Crippen LogP contribution >= 0.6 is 11.8 Å².